The summed E-state index contributed by atoms with van der Waals surface area (Å²) in [6.45, 7) is 2.22. The van der Waals surface area contributed by atoms with Gasteiger partial charge in [0.05, 0.1) is 11.9 Å². The first kappa shape index (κ1) is 18.5. The number of rotatable bonds is 6. The van der Waals surface area contributed by atoms with Crippen LogP contribution in [0.1, 0.15) is 24.8 Å². The molecule has 2 rings (SSSR count). The second-order valence-corrected chi connectivity index (χ2v) is 8.00. The van der Waals surface area contributed by atoms with Gasteiger partial charge < -0.3 is 10.1 Å². The van der Waals surface area contributed by atoms with Crippen LogP contribution in [0, 0.1) is 20.2 Å². The summed E-state index contributed by atoms with van der Waals surface area (Å²) in [4.78, 5) is 25.0. The Hall–Kier alpha value is -2.82. The lowest BCUT2D eigenvalue weighted by Gasteiger charge is -2.25. The molecular weight excluding hydrogens is 352 g/mol. The zero-order valence-corrected chi connectivity index (χ0v) is 14.5. The molecule has 10 nitrogen and oxygen atoms in total. The summed E-state index contributed by atoms with van der Waals surface area (Å²) in [6, 6.07) is 7.10. The number of hydrogen-bond donors (Lipinski definition) is 0. The first-order valence-electron chi connectivity index (χ1n) is 7.10. The van der Waals surface area contributed by atoms with Crippen LogP contribution in [0.5, 0.6) is 0 Å². The average Bonchev–Trinajstić information content (AvgIpc) is 2.89. The standard InChI is InChI=1S/C14H16N4O6S/c1-14(2,18(21)22)12(11-13(17(19)20)16(3)9-15-11)25(23,24)10-7-5-4-6-8-10/h4-9,12H,1-3H3. The van der Waals surface area contributed by atoms with Gasteiger partial charge in [0.2, 0.25) is 5.54 Å². The van der Waals surface area contributed by atoms with Crippen molar-refractivity contribution in [1.82, 2.24) is 9.55 Å². The number of imidazole rings is 1. The lowest BCUT2D eigenvalue weighted by atomic mass is 9.98. The van der Waals surface area contributed by atoms with E-state index in [2.05, 4.69) is 4.98 Å². The van der Waals surface area contributed by atoms with E-state index in [9.17, 15) is 28.6 Å². The summed E-state index contributed by atoms with van der Waals surface area (Å²) in [5.74, 6) is -0.598. The van der Waals surface area contributed by atoms with Crippen LogP contribution in [-0.4, -0.2) is 33.4 Å². The van der Waals surface area contributed by atoms with Gasteiger partial charge in [-0.1, -0.05) is 18.2 Å². The first-order valence-corrected chi connectivity index (χ1v) is 8.65. The molecular formula is C14H16N4O6S. The summed E-state index contributed by atoms with van der Waals surface area (Å²) in [5.41, 5.74) is -2.51. The first-order chi connectivity index (χ1) is 11.5. The Morgan fingerprint density at radius 1 is 1.16 bits per heavy atom. The predicted octanol–water partition coefficient (Wildman–Crippen LogP) is 1.90. The maximum absolute atomic E-state index is 13.1. The number of benzene rings is 1. The van der Waals surface area contributed by atoms with Crippen molar-refractivity contribution < 1.29 is 18.3 Å². The third-order valence-corrected chi connectivity index (χ3v) is 6.20. The molecule has 2 aromatic rings. The fraction of sp³-hybridized carbons (Fsp3) is 0.357. The van der Waals surface area contributed by atoms with Crippen molar-refractivity contribution in [3.05, 3.63) is 62.6 Å². The van der Waals surface area contributed by atoms with Crippen LogP contribution < -0.4 is 0 Å². The Morgan fingerprint density at radius 3 is 2.20 bits per heavy atom. The van der Waals surface area contributed by atoms with Gasteiger partial charge in [0.25, 0.3) is 0 Å². The van der Waals surface area contributed by atoms with Crippen molar-refractivity contribution in [2.75, 3.05) is 0 Å². The van der Waals surface area contributed by atoms with Crippen LogP contribution >= 0.6 is 0 Å². The highest BCUT2D eigenvalue weighted by Gasteiger charge is 2.54. The molecule has 0 saturated heterocycles. The fourth-order valence-electron chi connectivity index (χ4n) is 2.55. The molecule has 1 aromatic carbocycles. The maximum Gasteiger partial charge on any atom is 0.347 e. The Morgan fingerprint density at radius 2 is 1.72 bits per heavy atom. The number of sulfone groups is 1. The van der Waals surface area contributed by atoms with Crippen LogP contribution in [0.4, 0.5) is 5.82 Å². The highest BCUT2D eigenvalue weighted by molar-refractivity contribution is 7.91. The Labute approximate surface area is 143 Å². The highest BCUT2D eigenvalue weighted by atomic mass is 32.2. The van der Waals surface area contributed by atoms with Crippen LogP contribution in [0.2, 0.25) is 0 Å². The predicted molar refractivity (Wildman–Crippen MR) is 87.3 cm³/mol. The van der Waals surface area contributed by atoms with Gasteiger partial charge >= 0.3 is 5.82 Å². The molecule has 134 valence electrons. The van der Waals surface area contributed by atoms with E-state index in [1.54, 1.807) is 6.07 Å². The van der Waals surface area contributed by atoms with E-state index < -0.39 is 42.0 Å². The molecule has 0 fully saturated rings. The number of nitro groups is 2. The smallest absolute Gasteiger partial charge is 0.347 e. The summed E-state index contributed by atoms with van der Waals surface area (Å²) in [5, 5.41) is 21.1. The zero-order chi connectivity index (χ0) is 19.0. The minimum absolute atomic E-state index is 0.171. The normalized spacial score (nSPS) is 13.4. The molecule has 0 radical (unpaired) electrons. The number of aromatic nitrogens is 2. The molecule has 25 heavy (non-hydrogen) atoms. The number of nitrogens with zero attached hydrogens (tertiary/aromatic N) is 4. The van der Waals surface area contributed by atoms with Crippen molar-refractivity contribution in [2.24, 2.45) is 7.05 Å². The molecule has 0 spiro atoms. The molecule has 1 atom stereocenters. The second kappa shape index (κ2) is 6.24. The van der Waals surface area contributed by atoms with Crippen LogP contribution in [0.25, 0.3) is 0 Å². The van der Waals surface area contributed by atoms with Crippen LogP contribution in [0.15, 0.2) is 41.6 Å². The quantitative estimate of drug-likeness (QED) is 0.560. The van der Waals surface area contributed by atoms with E-state index in [0.29, 0.717) is 0 Å². The summed E-state index contributed by atoms with van der Waals surface area (Å²) in [7, 11) is -3.00. The molecule has 0 N–H and O–H groups in total. The topological polar surface area (TPSA) is 138 Å². The minimum atomic E-state index is -4.32. The highest BCUT2D eigenvalue weighted by Crippen LogP contribution is 2.41. The zero-order valence-electron chi connectivity index (χ0n) is 13.7. The van der Waals surface area contributed by atoms with Crippen molar-refractivity contribution in [2.45, 2.75) is 29.5 Å². The monoisotopic (exact) mass is 368 g/mol. The Balaban J connectivity index is 2.82. The molecule has 1 unspecified atom stereocenters. The summed E-state index contributed by atoms with van der Waals surface area (Å²) < 4.78 is 27.2. The van der Waals surface area contributed by atoms with Gasteiger partial charge in [0.15, 0.2) is 27.1 Å². The molecule has 11 heteroatoms. The van der Waals surface area contributed by atoms with Gasteiger partial charge in [0.1, 0.15) is 0 Å². The molecule has 1 heterocycles. The molecule has 0 saturated carbocycles. The Kier molecular flexibility index (Phi) is 4.62. The van der Waals surface area contributed by atoms with Gasteiger partial charge in [-0.05, 0) is 17.1 Å². The van der Waals surface area contributed by atoms with Gasteiger partial charge in [-0.25, -0.2) is 18.0 Å². The van der Waals surface area contributed by atoms with E-state index >= 15 is 0 Å². The lowest BCUT2D eigenvalue weighted by molar-refractivity contribution is -0.561. The summed E-state index contributed by atoms with van der Waals surface area (Å²) in [6.07, 6.45) is 1.07. The molecule has 0 aliphatic carbocycles. The van der Waals surface area contributed by atoms with Crippen molar-refractivity contribution in [1.29, 1.82) is 0 Å². The van der Waals surface area contributed by atoms with Gasteiger partial charge in [-0.2, -0.15) is 0 Å². The van der Waals surface area contributed by atoms with Crippen molar-refractivity contribution in [3.63, 3.8) is 0 Å². The lowest BCUT2D eigenvalue weighted by Crippen LogP contribution is -2.42. The molecule has 0 bridgehead atoms. The molecule has 0 aliphatic rings. The number of hydrogen-bond acceptors (Lipinski definition) is 7. The van der Waals surface area contributed by atoms with Crippen molar-refractivity contribution >= 4 is 15.7 Å². The Bertz CT molecular complexity index is 920. The minimum Gasteiger partial charge on any atom is -0.358 e. The third kappa shape index (κ3) is 3.09. The molecule has 0 aliphatic heterocycles. The largest absolute Gasteiger partial charge is 0.358 e. The SMILES string of the molecule is Cn1cnc(C(C(C)(C)[N+](=O)[O-])S(=O)(=O)c2ccccc2)c1[N+](=O)[O-]. The van der Waals surface area contributed by atoms with E-state index in [0.717, 1.165) is 24.7 Å². The van der Waals surface area contributed by atoms with E-state index in [1.807, 2.05) is 0 Å². The van der Waals surface area contributed by atoms with E-state index in [4.69, 9.17) is 0 Å². The molecule has 0 amide bonds. The average molecular weight is 368 g/mol. The van der Waals surface area contributed by atoms with E-state index in [-0.39, 0.29) is 4.90 Å². The van der Waals surface area contributed by atoms with E-state index in [1.165, 1.54) is 31.3 Å². The third-order valence-electron chi connectivity index (χ3n) is 3.85. The number of aryl methyl sites for hydroxylation is 1. The van der Waals surface area contributed by atoms with Crippen LogP contribution in [0.3, 0.4) is 0 Å². The van der Waals surface area contributed by atoms with Crippen molar-refractivity contribution in [3.8, 4) is 0 Å². The van der Waals surface area contributed by atoms with Gasteiger partial charge in [-0.15, -0.1) is 0 Å². The summed E-state index contributed by atoms with van der Waals surface area (Å²) >= 11 is 0. The van der Waals surface area contributed by atoms with Crippen LogP contribution in [-0.2, 0) is 16.9 Å². The maximum atomic E-state index is 13.1. The second-order valence-electron chi connectivity index (χ2n) is 5.97. The van der Waals surface area contributed by atoms with Gasteiger partial charge in [0, 0.05) is 18.8 Å². The molecule has 1 aromatic heterocycles. The van der Waals surface area contributed by atoms with Gasteiger partial charge in [-0.3, -0.25) is 10.1 Å². The fourth-order valence-corrected chi connectivity index (χ4v) is 4.67.